The maximum absolute atomic E-state index is 4.94. The second-order valence-corrected chi connectivity index (χ2v) is 7.65. The lowest BCUT2D eigenvalue weighted by Crippen LogP contribution is -2.56. The highest BCUT2D eigenvalue weighted by Crippen LogP contribution is 2.26. The Morgan fingerprint density at radius 1 is 1.23 bits per heavy atom. The molecule has 4 heterocycles. The van der Waals surface area contributed by atoms with Gasteiger partial charge in [0.15, 0.2) is 5.65 Å². The molecule has 1 fully saturated rings. The lowest BCUT2D eigenvalue weighted by molar-refractivity contribution is 0.340. The normalized spacial score (nSPS) is 20.8. The molecule has 1 aliphatic heterocycles. The number of nitrogens with one attached hydrogen (secondary N) is 2. The van der Waals surface area contributed by atoms with Crippen LogP contribution in [0.1, 0.15) is 28.6 Å². The van der Waals surface area contributed by atoms with E-state index in [4.69, 9.17) is 4.98 Å². The predicted octanol–water partition coefficient (Wildman–Crippen LogP) is 3.48. The Kier molecular flexibility index (Phi) is 4.59. The molecule has 2 N–H and O–H groups in total. The van der Waals surface area contributed by atoms with E-state index in [0.717, 1.165) is 41.3 Å². The molecule has 0 amide bonds. The summed E-state index contributed by atoms with van der Waals surface area (Å²) in [5.41, 5.74) is 2.56. The van der Waals surface area contributed by atoms with Crippen molar-refractivity contribution in [3.05, 3.63) is 36.5 Å². The van der Waals surface area contributed by atoms with Gasteiger partial charge in [-0.2, -0.15) is 5.10 Å². The number of piperazine rings is 1. The highest BCUT2D eigenvalue weighted by Gasteiger charge is 2.25. The molecule has 3 aromatic rings. The number of H-pyrrole nitrogens is 1. The minimum atomic E-state index is 0. The van der Waals surface area contributed by atoms with Crippen molar-refractivity contribution in [2.45, 2.75) is 39.3 Å². The molecule has 0 saturated carbocycles. The van der Waals surface area contributed by atoms with Gasteiger partial charge >= 0.3 is 0 Å². The summed E-state index contributed by atoms with van der Waals surface area (Å²) in [7, 11) is 0. The maximum Gasteiger partial charge on any atom is 0.181 e. The van der Waals surface area contributed by atoms with Crippen LogP contribution in [0.2, 0.25) is 0 Å². The van der Waals surface area contributed by atoms with Crippen LogP contribution >= 0.6 is 0 Å². The highest BCUT2D eigenvalue weighted by molar-refractivity contribution is 5.89. The lowest BCUT2D eigenvalue weighted by Gasteiger charge is -2.39. The molecule has 6 nitrogen and oxygen atoms in total. The zero-order chi connectivity index (χ0) is 18.1. The fraction of sp³-hybridized carbons (Fsp3) is 0.450. The van der Waals surface area contributed by atoms with Crippen LogP contribution in [0.25, 0.3) is 22.4 Å². The van der Waals surface area contributed by atoms with Crippen LogP contribution in [0.5, 0.6) is 0 Å². The third-order valence-electron chi connectivity index (χ3n) is 4.86. The van der Waals surface area contributed by atoms with E-state index < -0.39 is 0 Å². The molecule has 0 unspecified atom stereocenters. The molecular weight excluding hydrogens is 324 g/mol. The number of anilines is 1. The molecule has 0 bridgehead atoms. The van der Waals surface area contributed by atoms with Crippen molar-refractivity contribution in [3.63, 3.8) is 0 Å². The lowest BCUT2D eigenvalue weighted by atomic mass is 10.00. The Balaban J connectivity index is 0.00000210. The van der Waals surface area contributed by atoms with Gasteiger partial charge in [-0.3, -0.25) is 5.10 Å². The van der Waals surface area contributed by atoms with Crippen molar-refractivity contribution in [2.75, 3.05) is 18.0 Å². The quantitative estimate of drug-likeness (QED) is 0.752. The summed E-state index contributed by atoms with van der Waals surface area (Å²) in [6.07, 6.45) is 2.94. The largest absolute Gasteiger partial charge is 0.353 e. The van der Waals surface area contributed by atoms with Crippen molar-refractivity contribution < 1.29 is 1.43 Å². The van der Waals surface area contributed by atoms with Crippen LogP contribution < -0.4 is 10.2 Å². The third-order valence-corrected chi connectivity index (χ3v) is 4.86. The van der Waals surface area contributed by atoms with E-state index in [1.807, 2.05) is 18.2 Å². The minimum Gasteiger partial charge on any atom is -0.353 e. The molecule has 2 atom stereocenters. The van der Waals surface area contributed by atoms with Crippen LogP contribution in [0.3, 0.4) is 0 Å². The summed E-state index contributed by atoms with van der Waals surface area (Å²) in [4.78, 5) is 11.6. The van der Waals surface area contributed by atoms with E-state index >= 15 is 0 Å². The number of aromatic nitrogens is 4. The van der Waals surface area contributed by atoms with Crippen molar-refractivity contribution in [2.24, 2.45) is 5.92 Å². The number of hydrogen-bond donors (Lipinski definition) is 2. The number of rotatable bonds is 4. The van der Waals surface area contributed by atoms with Gasteiger partial charge in [-0.25, -0.2) is 9.97 Å². The van der Waals surface area contributed by atoms with Gasteiger partial charge < -0.3 is 10.2 Å². The smallest absolute Gasteiger partial charge is 0.181 e. The molecular formula is C20H28N6. The van der Waals surface area contributed by atoms with Gasteiger partial charge in [0.2, 0.25) is 0 Å². The highest BCUT2D eigenvalue weighted by atomic mass is 15.3. The van der Waals surface area contributed by atoms with E-state index in [2.05, 4.69) is 58.3 Å². The van der Waals surface area contributed by atoms with Gasteiger partial charge in [0.05, 0.1) is 11.4 Å². The summed E-state index contributed by atoms with van der Waals surface area (Å²) in [5.74, 6) is 1.71. The van der Waals surface area contributed by atoms with E-state index in [1.165, 1.54) is 6.42 Å². The van der Waals surface area contributed by atoms with Gasteiger partial charge in [-0.1, -0.05) is 19.9 Å². The Labute approximate surface area is 155 Å². The van der Waals surface area contributed by atoms with Crippen molar-refractivity contribution >= 4 is 16.9 Å². The fourth-order valence-corrected chi connectivity index (χ4v) is 3.86. The third kappa shape index (κ3) is 3.42. The second kappa shape index (κ2) is 7.03. The van der Waals surface area contributed by atoms with Crippen molar-refractivity contribution in [3.8, 4) is 11.4 Å². The molecule has 0 spiro atoms. The van der Waals surface area contributed by atoms with Gasteiger partial charge in [0.25, 0.3) is 0 Å². The maximum atomic E-state index is 4.94. The molecule has 6 heteroatoms. The van der Waals surface area contributed by atoms with Gasteiger partial charge in [0, 0.05) is 38.2 Å². The second-order valence-electron chi connectivity index (χ2n) is 7.65. The average molecular weight is 352 g/mol. The molecule has 0 radical (unpaired) electrons. The molecule has 26 heavy (non-hydrogen) atoms. The first-order valence-electron chi connectivity index (χ1n) is 9.37. The Bertz CT molecular complexity index is 891. The van der Waals surface area contributed by atoms with Crippen molar-refractivity contribution in [1.29, 1.82) is 0 Å². The van der Waals surface area contributed by atoms with Crippen LogP contribution in [0.15, 0.2) is 36.5 Å². The molecule has 1 saturated heterocycles. The first-order valence-corrected chi connectivity index (χ1v) is 9.37. The summed E-state index contributed by atoms with van der Waals surface area (Å²) < 4.78 is 0. The number of fused-ring (bicyclic) bond motifs is 1. The Morgan fingerprint density at radius 2 is 2.12 bits per heavy atom. The zero-order valence-electron chi connectivity index (χ0n) is 15.6. The Morgan fingerprint density at radius 3 is 2.96 bits per heavy atom. The van der Waals surface area contributed by atoms with E-state index in [9.17, 15) is 0 Å². The average Bonchev–Trinajstić information content (AvgIpc) is 3.05. The monoisotopic (exact) mass is 352 g/mol. The SMILES string of the molecule is CC(C)C[C@H]1CN(c2cccc(-c3[nH]nc4ncccc34)n2)C[C@@H](C)N1.[HH]. The van der Waals surface area contributed by atoms with Crippen molar-refractivity contribution in [1.82, 2.24) is 25.5 Å². The molecule has 138 valence electrons. The summed E-state index contributed by atoms with van der Waals surface area (Å²) >= 11 is 0. The first kappa shape index (κ1) is 17.0. The zero-order valence-corrected chi connectivity index (χ0v) is 15.6. The van der Waals surface area contributed by atoms with Crippen LogP contribution in [0.4, 0.5) is 5.82 Å². The summed E-state index contributed by atoms with van der Waals surface area (Å²) in [6.45, 7) is 8.76. The van der Waals surface area contributed by atoms with Crippen LogP contribution in [-0.2, 0) is 0 Å². The molecule has 3 aromatic heterocycles. The van der Waals surface area contributed by atoms with Crippen LogP contribution in [0, 0.1) is 5.92 Å². The fourth-order valence-electron chi connectivity index (χ4n) is 3.86. The minimum absolute atomic E-state index is 0. The van der Waals surface area contributed by atoms with E-state index in [-0.39, 0.29) is 1.43 Å². The topological polar surface area (TPSA) is 69.7 Å². The molecule has 4 rings (SSSR count). The number of pyridine rings is 2. The first-order chi connectivity index (χ1) is 12.6. The van der Waals surface area contributed by atoms with Crippen LogP contribution in [-0.4, -0.2) is 45.3 Å². The predicted molar refractivity (Wildman–Crippen MR) is 107 cm³/mol. The summed E-state index contributed by atoms with van der Waals surface area (Å²) in [5, 5.41) is 12.1. The van der Waals surface area contributed by atoms with Gasteiger partial charge in [0.1, 0.15) is 5.82 Å². The standard InChI is InChI=1S/C20H26N6.H2/c1-13(2)10-15-12-26(11-14(3)22-15)18-8-4-7-17(23-18)19-16-6-5-9-21-20(16)25-24-19;/h4-9,13-15,22H,10-12H2,1-3H3,(H,21,24,25);1H/t14-,15+;/m1./s1. The molecule has 1 aliphatic rings. The van der Waals surface area contributed by atoms with E-state index in [1.54, 1.807) is 6.20 Å². The Hall–Kier alpha value is -2.47. The van der Waals surface area contributed by atoms with Gasteiger partial charge in [-0.05, 0) is 43.5 Å². The van der Waals surface area contributed by atoms with E-state index in [0.29, 0.717) is 18.0 Å². The number of hydrogen-bond acceptors (Lipinski definition) is 5. The molecule has 0 aliphatic carbocycles. The summed E-state index contributed by atoms with van der Waals surface area (Å²) in [6, 6.07) is 11.1. The molecule has 0 aromatic carbocycles. The number of nitrogens with zero attached hydrogens (tertiary/aromatic N) is 4. The number of aromatic amines is 1. The van der Waals surface area contributed by atoms with Gasteiger partial charge in [-0.15, -0.1) is 0 Å².